The van der Waals surface area contributed by atoms with E-state index in [-0.39, 0.29) is 17.6 Å². The van der Waals surface area contributed by atoms with Crippen molar-refractivity contribution in [3.63, 3.8) is 0 Å². The largest absolute Gasteiger partial charge is 0.326 e. The Bertz CT molecular complexity index is 474. The number of amides is 1. The number of anilines is 1. The Hall–Kier alpha value is -0.940. The topological polar surface area (TPSA) is 41.1 Å². The number of carbonyl (C=O) groups excluding carboxylic acids is 1. The molecule has 2 rings (SSSR count). The smallest absolute Gasteiger partial charge is 0.227 e. The maximum absolute atomic E-state index is 13.3. The van der Waals surface area contributed by atoms with Gasteiger partial charge in [0.2, 0.25) is 5.91 Å². The highest BCUT2D eigenvalue weighted by molar-refractivity contribution is 9.10. The van der Waals surface area contributed by atoms with Gasteiger partial charge in [-0.15, -0.1) is 0 Å². The maximum Gasteiger partial charge on any atom is 0.227 e. The predicted octanol–water partition coefficient (Wildman–Crippen LogP) is 2.69. The highest BCUT2D eigenvalue weighted by Crippen LogP contribution is 2.25. The predicted molar refractivity (Wildman–Crippen MR) is 73.0 cm³/mol. The van der Waals surface area contributed by atoms with Crippen LogP contribution in [0, 0.1) is 24.6 Å². The Labute approximate surface area is 114 Å². The molecule has 98 valence electrons. The van der Waals surface area contributed by atoms with E-state index in [1.165, 1.54) is 6.07 Å². The van der Waals surface area contributed by atoms with Crippen LogP contribution in [0.15, 0.2) is 16.6 Å². The summed E-state index contributed by atoms with van der Waals surface area (Å²) in [5.41, 5.74) is 1.38. The van der Waals surface area contributed by atoms with Crippen molar-refractivity contribution in [1.82, 2.24) is 5.32 Å². The number of aryl methyl sites for hydroxylation is 1. The molecule has 5 heteroatoms. The molecule has 0 bridgehead atoms. The number of rotatable bonds is 3. The minimum atomic E-state index is -0.318. The van der Waals surface area contributed by atoms with Crippen LogP contribution in [0.3, 0.4) is 0 Å². The molecule has 1 aliphatic heterocycles. The monoisotopic (exact) mass is 314 g/mol. The second kappa shape index (κ2) is 5.36. The van der Waals surface area contributed by atoms with Gasteiger partial charge in [-0.3, -0.25) is 4.79 Å². The van der Waals surface area contributed by atoms with Crippen LogP contribution in [0.4, 0.5) is 10.1 Å². The number of hydrogen-bond acceptors (Lipinski definition) is 2. The van der Waals surface area contributed by atoms with Crippen LogP contribution < -0.4 is 10.6 Å². The normalized spacial score (nSPS) is 17.1. The molecule has 1 aliphatic rings. The zero-order valence-corrected chi connectivity index (χ0v) is 12.0. The van der Waals surface area contributed by atoms with Gasteiger partial charge in [0.1, 0.15) is 5.82 Å². The molecule has 2 N–H and O–H groups in total. The fourth-order valence-electron chi connectivity index (χ4n) is 1.91. The molecule has 1 aromatic carbocycles. The first-order valence-corrected chi connectivity index (χ1v) is 6.75. The van der Waals surface area contributed by atoms with Gasteiger partial charge in [-0.05, 0) is 59.6 Å². The van der Waals surface area contributed by atoms with Crippen LogP contribution in [0.2, 0.25) is 0 Å². The first kappa shape index (κ1) is 13.5. The average Bonchev–Trinajstić information content (AvgIpc) is 2.23. The molecule has 1 fully saturated rings. The number of halogens is 2. The van der Waals surface area contributed by atoms with Crippen LogP contribution in [0.1, 0.15) is 12.5 Å². The van der Waals surface area contributed by atoms with E-state index in [1.54, 1.807) is 13.0 Å². The van der Waals surface area contributed by atoms with Crippen LogP contribution in [-0.2, 0) is 4.79 Å². The summed E-state index contributed by atoms with van der Waals surface area (Å²) < 4.78 is 13.6. The molecule has 0 aromatic heterocycles. The molecule has 0 radical (unpaired) electrons. The quantitative estimate of drug-likeness (QED) is 0.900. The summed E-state index contributed by atoms with van der Waals surface area (Å²) >= 11 is 3.12. The van der Waals surface area contributed by atoms with Crippen molar-refractivity contribution in [2.75, 3.05) is 18.4 Å². The molecule has 1 heterocycles. The Morgan fingerprint density at radius 2 is 2.22 bits per heavy atom. The van der Waals surface area contributed by atoms with Gasteiger partial charge in [0, 0.05) is 11.6 Å². The second-order valence-corrected chi connectivity index (χ2v) is 5.63. The lowest BCUT2D eigenvalue weighted by atomic mass is 9.88. The van der Waals surface area contributed by atoms with Gasteiger partial charge < -0.3 is 10.6 Å². The van der Waals surface area contributed by atoms with Gasteiger partial charge in [-0.25, -0.2) is 4.39 Å². The molecule has 3 nitrogen and oxygen atoms in total. The summed E-state index contributed by atoms with van der Waals surface area (Å²) in [7, 11) is 0. The molecule has 1 atom stereocenters. The van der Waals surface area contributed by atoms with Gasteiger partial charge >= 0.3 is 0 Å². The molecular formula is C13H16BrFN2O. The Balaban J connectivity index is 2.08. The Morgan fingerprint density at radius 3 is 2.78 bits per heavy atom. The minimum absolute atomic E-state index is 0.0110. The number of carbonyl (C=O) groups is 1. The van der Waals surface area contributed by atoms with E-state index in [0.29, 0.717) is 16.1 Å². The van der Waals surface area contributed by atoms with Crippen LogP contribution in [0.5, 0.6) is 0 Å². The van der Waals surface area contributed by atoms with Crippen molar-refractivity contribution in [2.24, 2.45) is 11.8 Å². The van der Waals surface area contributed by atoms with E-state index in [4.69, 9.17) is 0 Å². The van der Waals surface area contributed by atoms with Gasteiger partial charge in [0.15, 0.2) is 0 Å². The van der Waals surface area contributed by atoms with Crippen LogP contribution in [0.25, 0.3) is 0 Å². The summed E-state index contributed by atoms with van der Waals surface area (Å²) in [5, 5.41) is 6.02. The van der Waals surface area contributed by atoms with E-state index in [9.17, 15) is 9.18 Å². The number of nitrogens with one attached hydrogen (secondary N) is 2. The lowest BCUT2D eigenvalue weighted by Crippen LogP contribution is -2.48. The van der Waals surface area contributed by atoms with E-state index < -0.39 is 0 Å². The van der Waals surface area contributed by atoms with Gasteiger partial charge in [-0.2, -0.15) is 0 Å². The first-order chi connectivity index (χ1) is 8.49. The Kier molecular flexibility index (Phi) is 4.02. The number of hydrogen-bond donors (Lipinski definition) is 2. The fourth-order valence-corrected chi connectivity index (χ4v) is 2.25. The molecule has 1 saturated heterocycles. The van der Waals surface area contributed by atoms with E-state index >= 15 is 0 Å². The standard InChI is InChI=1S/C13H16BrFN2O/c1-7-3-11(15)10(14)4-12(7)17-13(18)8(2)9-5-16-6-9/h3-4,8-9,16H,5-6H2,1-2H3,(H,17,18). The fraction of sp³-hybridized carbons (Fsp3) is 0.462. The SMILES string of the molecule is Cc1cc(F)c(Br)cc1NC(=O)C(C)C1CNC1. The molecule has 1 unspecified atom stereocenters. The Morgan fingerprint density at radius 1 is 1.56 bits per heavy atom. The summed E-state index contributed by atoms with van der Waals surface area (Å²) in [4.78, 5) is 12.0. The molecule has 0 aliphatic carbocycles. The minimum Gasteiger partial charge on any atom is -0.326 e. The molecular weight excluding hydrogens is 299 g/mol. The summed E-state index contributed by atoms with van der Waals surface area (Å²) in [5.74, 6) is 0.0357. The maximum atomic E-state index is 13.3. The zero-order valence-electron chi connectivity index (χ0n) is 10.4. The van der Waals surface area contributed by atoms with Crippen molar-refractivity contribution in [3.05, 3.63) is 28.0 Å². The first-order valence-electron chi connectivity index (χ1n) is 5.96. The molecule has 0 spiro atoms. The highest BCUT2D eigenvalue weighted by Gasteiger charge is 2.28. The van der Waals surface area contributed by atoms with Crippen molar-refractivity contribution in [2.45, 2.75) is 13.8 Å². The third kappa shape index (κ3) is 2.72. The van der Waals surface area contributed by atoms with Crippen molar-refractivity contribution in [3.8, 4) is 0 Å². The lowest BCUT2D eigenvalue weighted by Gasteiger charge is -2.31. The summed E-state index contributed by atoms with van der Waals surface area (Å²) in [6, 6.07) is 3.02. The molecule has 0 saturated carbocycles. The van der Waals surface area contributed by atoms with Gasteiger partial charge in [0.25, 0.3) is 0 Å². The van der Waals surface area contributed by atoms with Gasteiger partial charge in [0.05, 0.1) is 4.47 Å². The third-order valence-corrected chi connectivity index (χ3v) is 4.07. The van der Waals surface area contributed by atoms with Crippen molar-refractivity contribution < 1.29 is 9.18 Å². The highest BCUT2D eigenvalue weighted by atomic mass is 79.9. The van der Waals surface area contributed by atoms with Crippen LogP contribution >= 0.6 is 15.9 Å². The summed E-state index contributed by atoms with van der Waals surface area (Å²) in [6.07, 6.45) is 0. The van der Waals surface area contributed by atoms with E-state index in [2.05, 4.69) is 26.6 Å². The molecule has 1 amide bonds. The van der Waals surface area contributed by atoms with E-state index in [1.807, 2.05) is 6.92 Å². The second-order valence-electron chi connectivity index (χ2n) is 4.78. The van der Waals surface area contributed by atoms with Crippen molar-refractivity contribution in [1.29, 1.82) is 0 Å². The number of benzene rings is 1. The summed E-state index contributed by atoms with van der Waals surface area (Å²) in [6.45, 7) is 5.48. The lowest BCUT2D eigenvalue weighted by molar-refractivity contribution is -0.121. The third-order valence-electron chi connectivity index (χ3n) is 3.46. The zero-order chi connectivity index (χ0) is 13.3. The van der Waals surface area contributed by atoms with Crippen molar-refractivity contribution >= 4 is 27.5 Å². The van der Waals surface area contributed by atoms with Crippen LogP contribution in [-0.4, -0.2) is 19.0 Å². The van der Waals surface area contributed by atoms with Gasteiger partial charge in [-0.1, -0.05) is 6.92 Å². The average molecular weight is 315 g/mol. The molecule has 1 aromatic rings. The van der Waals surface area contributed by atoms with E-state index in [0.717, 1.165) is 18.7 Å². The molecule has 18 heavy (non-hydrogen) atoms.